The van der Waals surface area contributed by atoms with Gasteiger partial charge >= 0.3 is 0 Å². The number of nitrogens with one attached hydrogen (secondary N) is 1. The zero-order valence-electron chi connectivity index (χ0n) is 28.6. The normalized spacial score (nSPS) is 40.6. The molecule has 0 spiro atoms. The molecule has 248 valence electrons. The Kier molecular flexibility index (Phi) is 9.17. The maximum atomic E-state index is 12.9. The summed E-state index contributed by atoms with van der Waals surface area (Å²) >= 11 is 0. The minimum absolute atomic E-state index is 0.0129. The molecular weight excluding hydrogens is 562 g/mol. The number of hydrogen-bond acceptors (Lipinski definition) is 6. The second-order valence-electron chi connectivity index (χ2n) is 15.9. The molecule has 0 radical (unpaired) electrons. The summed E-state index contributed by atoms with van der Waals surface area (Å²) in [5.74, 6) is 3.30. The van der Waals surface area contributed by atoms with Crippen LogP contribution in [0.15, 0.2) is 41.1 Å². The van der Waals surface area contributed by atoms with E-state index in [0.717, 1.165) is 68.9 Å². The zero-order valence-corrected chi connectivity index (χ0v) is 28.6. The van der Waals surface area contributed by atoms with E-state index in [4.69, 9.17) is 9.57 Å². The van der Waals surface area contributed by atoms with Crippen molar-refractivity contribution in [2.24, 2.45) is 39.7 Å². The van der Waals surface area contributed by atoms with Crippen molar-refractivity contribution < 1.29 is 19.5 Å². The number of aliphatic hydroxyl groups excluding tert-OH is 1. The minimum Gasteiger partial charge on any atom is -0.497 e. The van der Waals surface area contributed by atoms with Crippen LogP contribution in [0, 0.1) is 34.5 Å². The van der Waals surface area contributed by atoms with Crippen molar-refractivity contribution >= 4 is 11.6 Å². The summed E-state index contributed by atoms with van der Waals surface area (Å²) in [6.45, 7) is 11.1. The molecule has 9 atom stereocenters. The van der Waals surface area contributed by atoms with Crippen LogP contribution in [0.3, 0.4) is 0 Å². The Morgan fingerprint density at radius 3 is 2.60 bits per heavy atom. The molecule has 5 aliphatic rings. The number of fused-ring (bicyclic) bond motifs is 5. The number of benzene rings is 1. The summed E-state index contributed by atoms with van der Waals surface area (Å²) in [7, 11) is 3.91. The van der Waals surface area contributed by atoms with Crippen molar-refractivity contribution in [2.75, 3.05) is 33.9 Å². The van der Waals surface area contributed by atoms with Crippen LogP contribution in [0.2, 0.25) is 0 Å². The van der Waals surface area contributed by atoms with Gasteiger partial charge < -0.3 is 24.9 Å². The molecule has 0 bridgehead atoms. The van der Waals surface area contributed by atoms with Gasteiger partial charge in [-0.05, 0) is 136 Å². The molecule has 1 amide bonds. The summed E-state index contributed by atoms with van der Waals surface area (Å²) in [5.41, 5.74) is 4.14. The van der Waals surface area contributed by atoms with Gasteiger partial charge in [-0.1, -0.05) is 43.6 Å². The Labute approximate surface area is 271 Å². The number of aliphatic hydroxyl groups is 1. The van der Waals surface area contributed by atoms with Gasteiger partial charge in [0.05, 0.1) is 18.9 Å². The third-order valence-corrected chi connectivity index (χ3v) is 13.8. The maximum absolute atomic E-state index is 12.9. The molecule has 1 aliphatic heterocycles. The van der Waals surface area contributed by atoms with E-state index < -0.39 is 0 Å². The molecule has 4 fully saturated rings. The number of rotatable bonds is 8. The predicted octanol–water partition coefficient (Wildman–Crippen LogP) is 6.50. The van der Waals surface area contributed by atoms with Gasteiger partial charge in [0.2, 0.25) is 0 Å². The Morgan fingerprint density at radius 2 is 1.84 bits per heavy atom. The maximum Gasteiger partial charge on any atom is 0.260 e. The van der Waals surface area contributed by atoms with Gasteiger partial charge in [-0.3, -0.25) is 4.79 Å². The smallest absolute Gasteiger partial charge is 0.260 e. The Bertz CT molecular complexity index is 1290. The number of carbonyl (C=O) groups excluding carboxylic acids is 1. The highest BCUT2D eigenvalue weighted by atomic mass is 16.6. The summed E-state index contributed by atoms with van der Waals surface area (Å²) in [6, 6.07) is 8.98. The highest BCUT2D eigenvalue weighted by Gasteiger charge is 2.58. The molecule has 3 saturated carbocycles. The van der Waals surface area contributed by atoms with Crippen LogP contribution in [0.5, 0.6) is 5.75 Å². The fourth-order valence-electron chi connectivity index (χ4n) is 10.8. The predicted molar refractivity (Wildman–Crippen MR) is 179 cm³/mol. The van der Waals surface area contributed by atoms with E-state index in [1.54, 1.807) is 7.11 Å². The van der Waals surface area contributed by atoms with Crippen LogP contribution in [0.25, 0.3) is 0 Å². The van der Waals surface area contributed by atoms with Crippen LogP contribution in [0.4, 0.5) is 0 Å². The number of allylic oxidation sites excluding steroid dienone is 2. The molecule has 6 rings (SSSR count). The van der Waals surface area contributed by atoms with E-state index in [-0.39, 0.29) is 34.9 Å². The number of hydrogen-bond donors (Lipinski definition) is 2. The molecule has 0 unspecified atom stereocenters. The average molecular weight is 620 g/mol. The largest absolute Gasteiger partial charge is 0.497 e. The summed E-state index contributed by atoms with van der Waals surface area (Å²) in [6.07, 6.45) is 13.0. The molecule has 2 N–H and O–H groups in total. The fourth-order valence-corrected chi connectivity index (χ4v) is 10.8. The Balaban J connectivity index is 1.04. The van der Waals surface area contributed by atoms with Gasteiger partial charge in [-0.15, -0.1) is 0 Å². The standard InChI is InChI=1S/C38H57N3O4/c1-25-23-41(5)26(2)22-38(25,27-7-10-30(44-6)11-8-27)19-20-39-35(43)24-45-40-29-15-17-36(3)28(21-29)9-12-31-32-13-14-34(42)37(32,4)18-16-33(31)36/h7-8,10-11,21,25-26,31-34,42H,9,12-20,22-24H2,1-6H3,(H,39,43)/b40-29-/t25-,26+,31+,32-,33-,34-,36-,37-,38+/m0/s1. The number of likely N-dealkylation sites (tertiary alicyclic amines) is 1. The average Bonchev–Trinajstić information content (AvgIpc) is 3.33. The number of amides is 1. The van der Waals surface area contributed by atoms with Crippen LogP contribution < -0.4 is 10.1 Å². The molecule has 7 nitrogen and oxygen atoms in total. The second kappa shape index (κ2) is 12.7. The van der Waals surface area contributed by atoms with Gasteiger partial charge in [0, 0.05) is 24.5 Å². The molecule has 1 saturated heterocycles. The van der Waals surface area contributed by atoms with Crippen molar-refractivity contribution in [3.8, 4) is 5.75 Å². The van der Waals surface area contributed by atoms with Crippen LogP contribution in [0.1, 0.15) is 97.5 Å². The van der Waals surface area contributed by atoms with Gasteiger partial charge in [-0.2, -0.15) is 0 Å². The van der Waals surface area contributed by atoms with Crippen molar-refractivity contribution in [1.82, 2.24) is 10.2 Å². The van der Waals surface area contributed by atoms with Crippen molar-refractivity contribution in [3.05, 3.63) is 41.5 Å². The first-order chi connectivity index (χ1) is 21.5. The van der Waals surface area contributed by atoms with Crippen LogP contribution >= 0.6 is 0 Å². The van der Waals surface area contributed by atoms with Crippen molar-refractivity contribution in [3.63, 3.8) is 0 Å². The lowest BCUT2D eigenvalue weighted by Gasteiger charge is -2.57. The summed E-state index contributed by atoms with van der Waals surface area (Å²) in [4.78, 5) is 21.0. The summed E-state index contributed by atoms with van der Waals surface area (Å²) in [5, 5.41) is 18.4. The number of ether oxygens (including phenoxy) is 1. The molecule has 4 aliphatic carbocycles. The zero-order chi connectivity index (χ0) is 32.0. The van der Waals surface area contributed by atoms with Crippen LogP contribution in [-0.4, -0.2) is 67.6 Å². The third-order valence-electron chi connectivity index (χ3n) is 13.8. The highest BCUT2D eigenvalue weighted by Crippen LogP contribution is 2.65. The van der Waals surface area contributed by atoms with Crippen LogP contribution in [-0.2, 0) is 15.0 Å². The summed E-state index contributed by atoms with van der Waals surface area (Å²) < 4.78 is 5.42. The molecule has 45 heavy (non-hydrogen) atoms. The Morgan fingerprint density at radius 1 is 1.07 bits per heavy atom. The lowest BCUT2D eigenvalue weighted by molar-refractivity contribution is -0.125. The van der Waals surface area contributed by atoms with E-state index >= 15 is 0 Å². The molecule has 7 heteroatoms. The molecule has 1 aromatic rings. The van der Waals surface area contributed by atoms with Crippen molar-refractivity contribution in [1.29, 1.82) is 0 Å². The van der Waals surface area contributed by atoms with Gasteiger partial charge in [0.15, 0.2) is 6.61 Å². The number of carbonyl (C=O) groups is 1. The van der Waals surface area contributed by atoms with E-state index in [9.17, 15) is 9.90 Å². The second-order valence-corrected chi connectivity index (χ2v) is 15.9. The quantitative estimate of drug-likeness (QED) is 0.325. The molecule has 0 aromatic heterocycles. The Hall–Kier alpha value is -2.38. The topological polar surface area (TPSA) is 83.4 Å². The molecule has 1 heterocycles. The number of piperidine rings is 1. The number of oxime groups is 1. The SMILES string of the molecule is COc1ccc([C@]2(CCNC(=O)CO/N=C3\C=C4CC[C@@H]5[C@@H]6CC[C@H](O)[C@@]6(C)CC[C@@H]5[C@@]4(C)CC3)C[C@@H](C)N(C)C[C@@H]2C)cc1. The van der Waals surface area contributed by atoms with Crippen molar-refractivity contribution in [2.45, 2.75) is 109 Å². The van der Waals surface area contributed by atoms with E-state index in [1.807, 2.05) is 0 Å². The fraction of sp³-hybridized carbons (Fsp3) is 0.737. The third kappa shape index (κ3) is 5.86. The van der Waals surface area contributed by atoms with Gasteiger partial charge in [0.25, 0.3) is 5.91 Å². The lowest BCUT2D eigenvalue weighted by atomic mass is 9.47. The van der Waals surface area contributed by atoms with E-state index in [2.05, 4.69) is 80.5 Å². The number of nitrogens with zero attached hydrogens (tertiary/aromatic N) is 2. The first-order valence-electron chi connectivity index (χ1n) is 17.7. The first-order valence-corrected chi connectivity index (χ1v) is 17.7. The first kappa shape index (κ1) is 32.6. The molecular formula is C38H57N3O4. The van der Waals surface area contributed by atoms with Gasteiger partial charge in [0.1, 0.15) is 5.75 Å². The lowest BCUT2D eigenvalue weighted by Crippen LogP contribution is -2.52. The van der Waals surface area contributed by atoms with Gasteiger partial charge in [-0.25, -0.2) is 0 Å². The highest BCUT2D eigenvalue weighted by molar-refractivity contribution is 5.96. The monoisotopic (exact) mass is 619 g/mol. The minimum atomic E-state index is -0.122. The van der Waals surface area contributed by atoms with E-state index in [1.165, 1.54) is 30.4 Å². The number of methoxy groups -OCH3 is 1. The van der Waals surface area contributed by atoms with E-state index in [0.29, 0.717) is 30.3 Å². The molecule has 1 aromatic carbocycles.